The number of hydrogen-bond donors (Lipinski definition) is 5. The molecule has 1 aromatic carbocycles. The van der Waals surface area contributed by atoms with Gasteiger partial charge in [0.1, 0.15) is 30.2 Å². The third-order valence-corrected chi connectivity index (χ3v) is 5.91. The number of ether oxygens (including phenoxy) is 1. The van der Waals surface area contributed by atoms with Crippen LogP contribution in [0, 0.1) is 11.8 Å². The van der Waals surface area contributed by atoms with E-state index in [-0.39, 0.29) is 6.61 Å². The van der Waals surface area contributed by atoms with Gasteiger partial charge in [0.05, 0.1) is 18.3 Å². The number of nitrogens with two attached hydrogens (primary N) is 1. The zero-order chi connectivity index (χ0) is 24.4. The van der Waals surface area contributed by atoms with Gasteiger partial charge < -0.3 is 40.8 Å². The maximum Gasteiger partial charge on any atom is 0.296 e. The predicted octanol–water partition coefficient (Wildman–Crippen LogP) is 0.664. The van der Waals surface area contributed by atoms with Crippen molar-refractivity contribution in [2.75, 3.05) is 30.9 Å². The van der Waals surface area contributed by atoms with Gasteiger partial charge in [0.2, 0.25) is 0 Å². The molecule has 1 unspecified atom stereocenters. The molecule has 0 saturated carbocycles. The molecule has 34 heavy (non-hydrogen) atoms. The minimum absolute atomic E-state index is 0.279. The molecule has 0 radical (unpaired) electrons. The lowest BCUT2D eigenvalue weighted by Crippen LogP contribution is -2.25. The molecule has 6 N–H and O–H groups in total. The van der Waals surface area contributed by atoms with Crippen molar-refractivity contribution in [1.29, 1.82) is 0 Å². The van der Waals surface area contributed by atoms with Crippen molar-refractivity contribution >= 4 is 23.2 Å². The van der Waals surface area contributed by atoms with E-state index in [0.29, 0.717) is 35.7 Å². The number of amidine groups is 1. The van der Waals surface area contributed by atoms with Crippen LogP contribution in [-0.4, -0.2) is 59.4 Å². The second-order valence-electron chi connectivity index (χ2n) is 8.61. The number of hydrogen-bond acceptors (Lipinski definition) is 8. The molecule has 1 amide bonds. The first-order valence-electron chi connectivity index (χ1n) is 11.1. The van der Waals surface area contributed by atoms with Gasteiger partial charge in [0.15, 0.2) is 0 Å². The zero-order valence-electron chi connectivity index (χ0n) is 19.4. The quantitative estimate of drug-likeness (QED) is 0.408. The fraction of sp³-hybridized carbons (Fsp3) is 0.417. The number of nitrogens with zero attached hydrogens (tertiary/aromatic N) is 3. The average molecular weight is 467 g/mol. The zero-order valence-corrected chi connectivity index (χ0v) is 19.4. The lowest BCUT2D eigenvalue weighted by Gasteiger charge is -2.23. The number of carbonyl (C=O) groups excluding carboxylic acids is 1. The Labute approximate surface area is 198 Å². The van der Waals surface area contributed by atoms with E-state index in [2.05, 4.69) is 27.5 Å². The normalized spacial score (nSPS) is 23.3. The van der Waals surface area contributed by atoms with Crippen LogP contribution in [0.3, 0.4) is 0 Å². The highest BCUT2D eigenvalue weighted by Crippen LogP contribution is 2.38. The molecule has 1 saturated heterocycles. The molecule has 0 bridgehead atoms. The average Bonchev–Trinajstić information content (AvgIpc) is 3.36. The number of carbonyl (C=O) groups is 1. The summed E-state index contributed by atoms with van der Waals surface area (Å²) in [6.45, 7) is 1.88. The molecular weight excluding hydrogens is 436 g/mol. The number of aliphatic hydroxyl groups excluding tert-OH is 2. The van der Waals surface area contributed by atoms with E-state index >= 15 is 0 Å². The number of amides is 1. The molecule has 2 aliphatic rings. The highest BCUT2D eigenvalue weighted by Gasteiger charge is 2.37. The molecule has 4 rings (SSSR count). The third kappa shape index (κ3) is 4.93. The molecule has 1 fully saturated rings. The Morgan fingerprint density at radius 1 is 1.38 bits per heavy atom. The van der Waals surface area contributed by atoms with Gasteiger partial charge in [-0.15, -0.1) is 0 Å². The number of aliphatic imine (C=N–C) groups is 1. The molecule has 0 aliphatic carbocycles. The highest BCUT2D eigenvalue weighted by molar-refractivity contribution is 5.97. The molecule has 4 atom stereocenters. The van der Waals surface area contributed by atoms with Gasteiger partial charge in [-0.3, -0.25) is 4.79 Å². The number of fused-ring (bicyclic) bond motifs is 1. The number of anilines is 2. The molecule has 1 aromatic heterocycles. The summed E-state index contributed by atoms with van der Waals surface area (Å²) in [5, 5.41) is 25.6. The van der Waals surface area contributed by atoms with Crippen LogP contribution >= 0.6 is 0 Å². The fourth-order valence-corrected chi connectivity index (χ4v) is 4.09. The summed E-state index contributed by atoms with van der Waals surface area (Å²) in [6.07, 6.45) is -0.571. The Morgan fingerprint density at radius 2 is 2.12 bits per heavy atom. The van der Waals surface area contributed by atoms with Crippen LogP contribution in [0.25, 0.3) is 0 Å². The summed E-state index contributed by atoms with van der Waals surface area (Å²) in [7, 11) is 3.94. The monoisotopic (exact) mass is 466 g/mol. The van der Waals surface area contributed by atoms with Crippen LogP contribution in [0.5, 0.6) is 0 Å². The molecule has 2 aliphatic heterocycles. The van der Waals surface area contributed by atoms with Crippen molar-refractivity contribution in [3.63, 3.8) is 0 Å². The van der Waals surface area contributed by atoms with Crippen LogP contribution in [-0.2, 0) is 16.1 Å². The number of benzene rings is 1. The Balaban J connectivity index is 1.52. The van der Waals surface area contributed by atoms with Crippen molar-refractivity contribution in [3.8, 4) is 11.8 Å². The smallest absolute Gasteiger partial charge is 0.296 e. The van der Waals surface area contributed by atoms with E-state index < -0.39 is 30.5 Å². The van der Waals surface area contributed by atoms with E-state index in [4.69, 9.17) is 10.5 Å². The molecule has 0 spiro atoms. The largest absolute Gasteiger partial charge is 0.394 e. The van der Waals surface area contributed by atoms with Crippen LogP contribution in [0.2, 0.25) is 0 Å². The van der Waals surface area contributed by atoms with Crippen molar-refractivity contribution in [2.45, 2.75) is 44.5 Å². The van der Waals surface area contributed by atoms with Crippen molar-refractivity contribution in [1.82, 2.24) is 9.88 Å². The number of nitrogens with one attached hydrogen (secondary N) is 2. The standard InChI is InChI=1S/C24H30N6O4/c1-14-27-23(25)22-16(12-30(24(22)28-14)21-10-18(32)19(13-31)34-21)6-9-20(33)26-11-15-4-7-17(8-5-15)29(2)3/h4-5,7-8,12,18-19,21,23,31-32H,10-11,13,25H2,1-3H3,(H,26,33)(H,27,28)/t18-,19-,21-,23?/m1/s1. The van der Waals surface area contributed by atoms with Crippen LogP contribution < -0.4 is 21.3 Å². The third-order valence-electron chi connectivity index (χ3n) is 5.91. The molecular formula is C24H30N6O4. The molecule has 10 heteroatoms. The van der Waals surface area contributed by atoms with Crippen LogP contribution in [0.1, 0.15) is 42.4 Å². The van der Waals surface area contributed by atoms with Crippen molar-refractivity contribution < 1.29 is 19.7 Å². The van der Waals surface area contributed by atoms with Gasteiger partial charge in [-0.25, -0.2) is 4.99 Å². The Morgan fingerprint density at radius 3 is 2.76 bits per heavy atom. The Hall–Kier alpha value is -3.36. The van der Waals surface area contributed by atoms with E-state index in [1.165, 1.54) is 0 Å². The second-order valence-corrected chi connectivity index (χ2v) is 8.61. The van der Waals surface area contributed by atoms with E-state index in [0.717, 1.165) is 11.3 Å². The summed E-state index contributed by atoms with van der Waals surface area (Å²) in [4.78, 5) is 18.8. The molecule has 2 aromatic rings. The summed E-state index contributed by atoms with van der Waals surface area (Å²) < 4.78 is 7.60. The first kappa shape index (κ1) is 23.8. The van der Waals surface area contributed by atoms with Gasteiger partial charge in [-0.1, -0.05) is 18.1 Å². The fourth-order valence-electron chi connectivity index (χ4n) is 4.09. The summed E-state index contributed by atoms with van der Waals surface area (Å²) in [6, 6.07) is 7.89. The van der Waals surface area contributed by atoms with Crippen LogP contribution in [0.15, 0.2) is 35.5 Å². The van der Waals surface area contributed by atoms with Gasteiger partial charge in [0, 0.05) is 50.4 Å². The van der Waals surface area contributed by atoms with Gasteiger partial charge >= 0.3 is 0 Å². The Kier molecular flexibility index (Phi) is 6.90. The van der Waals surface area contributed by atoms with Gasteiger partial charge in [-0.05, 0) is 24.6 Å². The number of aliphatic hydroxyl groups is 2. The predicted molar refractivity (Wildman–Crippen MR) is 129 cm³/mol. The van der Waals surface area contributed by atoms with Crippen molar-refractivity contribution in [2.24, 2.45) is 10.7 Å². The minimum atomic E-state index is -0.785. The molecule has 3 heterocycles. The molecule has 10 nitrogen and oxygen atoms in total. The van der Waals surface area contributed by atoms with E-state index in [1.54, 1.807) is 17.7 Å². The maximum absolute atomic E-state index is 12.4. The molecule has 180 valence electrons. The van der Waals surface area contributed by atoms with E-state index in [1.807, 2.05) is 43.3 Å². The summed E-state index contributed by atoms with van der Waals surface area (Å²) in [5.74, 6) is 6.42. The summed E-state index contributed by atoms with van der Waals surface area (Å²) >= 11 is 0. The van der Waals surface area contributed by atoms with Gasteiger partial charge in [0.25, 0.3) is 5.91 Å². The SMILES string of the molecule is CC1=NC(N)c2c(C#CC(=O)NCc3ccc(N(C)C)cc3)cn([C@H]3C[C@@H](O)[C@@H](CO)O3)c2N1. The number of aromatic nitrogens is 1. The lowest BCUT2D eigenvalue weighted by atomic mass is 10.1. The van der Waals surface area contributed by atoms with Crippen molar-refractivity contribution in [3.05, 3.63) is 47.2 Å². The second kappa shape index (κ2) is 9.87. The highest BCUT2D eigenvalue weighted by atomic mass is 16.5. The first-order chi connectivity index (χ1) is 16.3. The van der Waals surface area contributed by atoms with Gasteiger partial charge in [-0.2, -0.15) is 0 Å². The Bertz CT molecular complexity index is 1140. The lowest BCUT2D eigenvalue weighted by molar-refractivity contribution is -0.115. The van der Waals surface area contributed by atoms with E-state index in [9.17, 15) is 15.0 Å². The number of rotatable bonds is 5. The van der Waals surface area contributed by atoms with Crippen LogP contribution in [0.4, 0.5) is 11.5 Å². The maximum atomic E-state index is 12.4. The summed E-state index contributed by atoms with van der Waals surface area (Å²) in [5.41, 5.74) is 9.50. The minimum Gasteiger partial charge on any atom is -0.394 e. The first-order valence-corrected chi connectivity index (χ1v) is 11.1. The topological polar surface area (TPSA) is 137 Å².